The molecule has 1 aromatic heterocycles. The molecule has 1 atom stereocenters. The molecule has 28 heavy (non-hydrogen) atoms. The lowest BCUT2D eigenvalue weighted by Gasteiger charge is -2.47. The Morgan fingerprint density at radius 2 is 2.07 bits per heavy atom. The molecule has 150 valence electrons. The minimum absolute atomic E-state index is 0.0440. The number of rotatable bonds is 4. The summed E-state index contributed by atoms with van der Waals surface area (Å²) in [5, 5.41) is 10.8. The van der Waals surface area contributed by atoms with Gasteiger partial charge in [-0.3, -0.25) is 9.59 Å². The average molecular weight is 384 g/mol. The van der Waals surface area contributed by atoms with Crippen LogP contribution in [0, 0.1) is 5.41 Å². The van der Waals surface area contributed by atoms with E-state index in [2.05, 4.69) is 6.92 Å². The van der Waals surface area contributed by atoms with E-state index in [1.54, 1.807) is 17.0 Å². The van der Waals surface area contributed by atoms with E-state index in [0.717, 1.165) is 32.1 Å². The number of fused-ring (bicyclic) bond motifs is 1. The topological polar surface area (TPSA) is 74.0 Å². The van der Waals surface area contributed by atoms with Gasteiger partial charge in [-0.25, -0.2) is 0 Å². The summed E-state index contributed by atoms with van der Waals surface area (Å²) in [5.41, 5.74) is 0.751. The Labute approximate surface area is 165 Å². The van der Waals surface area contributed by atoms with Crippen LogP contribution < -0.4 is 0 Å². The number of benzene rings is 1. The lowest BCUT2D eigenvalue weighted by Crippen LogP contribution is -2.59. The maximum Gasteiger partial charge on any atom is 0.254 e. The molecule has 4 rings (SSSR count). The van der Waals surface area contributed by atoms with Crippen molar-refractivity contribution >= 4 is 22.8 Å². The predicted octanol–water partition coefficient (Wildman–Crippen LogP) is 3.78. The molecule has 1 aromatic carbocycles. The molecule has 1 saturated carbocycles. The summed E-state index contributed by atoms with van der Waals surface area (Å²) >= 11 is 0. The van der Waals surface area contributed by atoms with Gasteiger partial charge in [0.05, 0.1) is 11.6 Å². The van der Waals surface area contributed by atoms with Crippen molar-refractivity contribution in [1.82, 2.24) is 9.80 Å². The number of nitrogens with zero attached hydrogens (tertiary/aromatic N) is 2. The van der Waals surface area contributed by atoms with Crippen LogP contribution >= 0.6 is 0 Å². The molecule has 0 bridgehead atoms. The zero-order chi connectivity index (χ0) is 19.9. The first-order valence-corrected chi connectivity index (χ1v) is 10.3. The highest BCUT2D eigenvalue weighted by Crippen LogP contribution is 2.46. The fraction of sp³-hybridized carbons (Fsp3) is 0.545. The van der Waals surface area contributed by atoms with Gasteiger partial charge < -0.3 is 19.3 Å². The van der Waals surface area contributed by atoms with Crippen molar-refractivity contribution in [3.05, 3.63) is 30.0 Å². The van der Waals surface area contributed by atoms with Crippen LogP contribution in [0.1, 0.15) is 56.3 Å². The molecule has 0 unspecified atom stereocenters. The van der Waals surface area contributed by atoms with Crippen LogP contribution in [0.15, 0.2) is 28.9 Å². The minimum atomic E-state index is -0.156. The van der Waals surface area contributed by atoms with Gasteiger partial charge in [-0.15, -0.1) is 0 Å². The van der Waals surface area contributed by atoms with E-state index in [1.807, 2.05) is 11.8 Å². The molecular weight excluding hydrogens is 356 g/mol. The summed E-state index contributed by atoms with van der Waals surface area (Å²) < 4.78 is 5.35. The molecule has 0 spiro atoms. The summed E-state index contributed by atoms with van der Waals surface area (Å²) in [4.78, 5) is 29.9. The van der Waals surface area contributed by atoms with Gasteiger partial charge in [0.15, 0.2) is 0 Å². The lowest BCUT2D eigenvalue weighted by molar-refractivity contribution is -0.150. The third-order valence-electron chi connectivity index (χ3n) is 6.47. The van der Waals surface area contributed by atoms with E-state index in [-0.39, 0.29) is 29.0 Å². The molecule has 1 aliphatic heterocycles. The van der Waals surface area contributed by atoms with E-state index in [4.69, 9.17) is 4.42 Å². The number of hydrogen-bond donors (Lipinski definition) is 1. The van der Waals surface area contributed by atoms with Gasteiger partial charge in [0, 0.05) is 36.7 Å². The van der Waals surface area contributed by atoms with Crippen molar-refractivity contribution in [2.75, 3.05) is 19.6 Å². The standard InChI is InChI=1S/C22H28N2O4/c1-3-6-22(7-4-8-22)21(27)23-9-10-24(15(2)14-23)20(26)16-12-18(25)17-5-11-28-19(17)13-16/h5,11-13,15,25H,3-4,6-10,14H2,1-2H3/t15-/m0/s1. The number of phenolic OH excluding ortho intramolecular Hbond substituents is 1. The molecule has 2 aliphatic rings. The molecule has 1 aliphatic carbocycles. The number of aromatic hydroxyl groups is 1. The van der Waals surface area contributed by atoms with Gasteiger partial charge in [0.25, 0.3) is 5.91 Å². The number of carbonyl (C=O) groups is 2. The van der Waals surface area contributed by atoms with Crippen molar-refractivity contribution in [1.29, 1.82) is 0 Å². The number of furan rings is 1. The quantitative estimate of drug-likeness (QED) is 0.871. The number of carbonyl (C=O) groups excluding carboxylic acids is 2. The molecule has 0 radical (unpaired) electrons. The molecule has 2 aromatic rings. The second-order valence-corrected chi connectivity index (χ2v) is 8.31. The minimum Gasteiger partial charge on any atom is -0.507 e. The Hall–Kier alpha value is -2.50. The number of hydrogen-bond acceptors (Lipinski definition) is 4. The Morgan fingerprint density at radius 1 is 1.29 bits per heavy atom. The average Bonchev–Trinajstić information content (AvgIpc) is 3.13. The van der Waals surface area contributed by atoms with Crippen molar-refractivity contribution in [2.24, 2.45) is 5.41 Å². The third-order valence-corrected chi connectivity index (χ3v) is 6.47. The third kappa shape index (κ3) is 3.05. The van der Waals surface area contributed by atoms with E-state index in [1.165, 1.54) is 12.3 Å². The van der Waals surface area contributed by atoms with Crippen LogP contribution in [0.3, 0.4) is 0 Å². The fourth-order valence-electron chi connectivity index (χ4n) is 4.77. The highest BCUT2D eigenvalue weighted by Gasteiger charge is 2.46. The van der Waals surface area contributed by atoms with Gasteiger partial charge >= 0.3 is 0 Å². The van der Waals surface area contributed by atoms with Gasteiger partial charge in [-0.2, -0.15) is 0 Å². The molecule has 2 fully saturated rings. The second kappa shape index (κ2) is 7.15. The van der Waals surface area contributed by atoms with Crippen LogP contribution in [0.2, 0.25) is 0 Å². The maximum atomic E-state index is 13.1. The monoisotopic (exact) mass is 384 g/mol. The Kier molecular flexibility index (Phi) is 4.81. The summed E-state index contributed by atoms with van der Waals surface area (Å²) in [7, 11) is 0. The van der Waals surface area contributed by atoms with Gasteiger partial charge in [0.1, 0.15) is 11.3 Å². The normalized spacial score (nSPS) is 21.6. The first kappa shape index (κ1) is 18.8. The van der Waals surface area contributed by atoms with Gasteiger partial charge in [-0.05, 0) is 44.4 Å². The Balaban J connectivity index is 1.47. The van der Waals surface area contributed by atoms with E-state index in [9.17, 15) is 14.7 Å². The summed E-state index contributed by atoms with van der Waals surface area (Å²) in [5.74, 6) is 0.178. The van der Waals surface area contributed by atoms with Gasteiger partial charge in [0.2, 0.25) is 5.91 Å². The van der Waals surface area contributed by atoms with Crippen molar-refractivity contribution in [3.8, 4) is 5.75 Å². The van der Waals surface area contributed by atoms with Gasteiger partial charge in [-0.1, -0.05) is 19.8 Å². The Morgan fingerprint density at radius 3 is 2.71 bits per heavy atom. The highest BCUT2D eigenvalue weighted by atomic mass is 16.3. The molecular formula is C22H28N2O4. The summed E-state index contributed by atoms with van der Waals surface area (Å²) in [6.45, 7) is 5.75. The molecule has 1 saturated heterocycles. The van der Waals surface area contributed by atoms with Crippen molar-refractivity contribution in [2.45, 2.75) is 52.0 Å². The largest absolute Gasteiger partial charge is 0.507 e. The van der Waals surface area contributed by atoms with Crippen LogP contribution in [0.4, 0.5) is 0 Å². The van der Waals surface area contributed by atoms with E-state index < -0.39 is 0 Å². The first-order chi connectivity index (χ1) is 13.4. The second-order valence-electron chi connectivity index (χ2n) is 8.31. The highest BCUT2D eigenvalue weighted by molar-refractivity contribution is 5.99. The van der Waals surface area contributed by atoms with Crippen LogP contribution in [0.5, 0.6) is 5.75 Å². The zero-order valence-electron chi connectivity index (χ0n) is 16.6. The Bertz CT molecular complexity index is 899. The fourth-order valence-corrected chi connectivity index (χ4v) is 4.77. The van der Waals surface area contributed by atoms with Crippen LogP contribution in [0.25, 0.3) is 11.0 Å². The first-order valence-electron chi connectivity index (χ1n) is 10.3. The number of phenols is 1. The zero-order valence-corrected chi connectivity index (χ0v) is 16.6. The lowest BCUT2D eigenvalue weighted by atomic mass is 9.65. The smallest absolute Gasteiger partial charge is 0.254 e. The van der Waals surface area contributed by atoms with E-state index in [0.29, 0.717) is 36.2 Å². The molecule has 2 heterocycles. The SMILES string of the molecule is CCCC1(C(=O)N2CCN(C(=O)c3cc(O)c4ccoc4c3)[C@@H](C)C2)CCC1. The maximum absolute atomic E-state index is 13.1. The van der Waals surface area contributed by atoms with Crippen LogP contribution in [-0.2, 0) is 4.79 Å². The molecule has 6 nitrogen and oxygen atoms in total. The van der Waals surface area contributed by atoms with Crippen molar-refractivity contribution < 1.29 is 19.1 Å². The number of piperazine rings is 1. The summed E-state index contributed by atoms with van der Waals surface area (Å²) in [6.07, 6.45) is 6.61. The summed E-state index contributed by atoms with van der Waals surface area (Å²) in [6, 6.07) is 4.78. The number of amides is 2. The molecule has 1 N–H and O–H groups in total. The molecule has 2 amide bonds. The van der Waals surface area contributed by atoms with Crippen LogP contribution in [-0.4, -0.2) is 52.4 Å². The van der Waals surface area contributed by atoms with Crippen molar-refractivity contribution in [3.63, 3.8) is 0 Å². The van der Waals surface area contributed by atoms with E-state index >= 15 is 0 Å². The predicted molar refractivity (Wildman–Crippen MR) is 106 cm³/mol. The molecule has 6 heteroatoms.